The minimum Gasteiger partial charge on any atom is -0.298 e. The first-order valence-electron chi connectivity index (χ1n) is 8.16. The van der Waals surface area contributed by atoms with Crippen LogP contribution in [0.4, 0.5) is 0 Å². The van der Waals surface area contributed by atoms with Gasteiger partial charge in [0.15, 0.2) is 5.78 Å². The molecule has 1 atom stereocenters. The van der Waals surface area contributed by atoms with E-state index in [4.69, 9.17) is 11.6 Å². The molecule has 1 aliphatic carbocycles. The second-order valence-electron chi connectivity index (χ2n) is 6.20. The van der Waals surface area contributed by atoms with Crippen LogP contribution in [0.15, 0.2) is 41.4 Å². The van der Waals surface area contributed by atoms with Crippen molar-refractivity contribution >= 4 is 34.6 Å². The molecule has 0 saturated carbocycles. The molecule has 5 heteroatoms. The number of carbonyl (C=O) groups excluding carboxylic acids is 3. The fourth-order valence-corrected chi connectivity index (χ4v) is 3.88. The minimum atomic E-state index is -0.973. The van der Waals surface area contributed by atoms with Crippen molar-refractivity contribution in [2.45, 2.75) is 19.8 Å². The van der Waals surface area contributed by atoms with Gasteiger partial charge in [-0.05, 0) is 29.7 Å². The van der Waals surface area contributed by atoms with Gasteiger partial charge in [-0.1, -0.05) is 42.8 Å². The summed E-state index contributed by atoms with van der Waals surface area (Å²) in [6, 6.07) is 10.2. The number of ketones is 2. The van der Waals surface area contributed by atoms with Crippen LogP contribution < -0.4 is 10.6 Å². The summed E-state index contributed by atoms with van der Waals surface area (Å²) in [5.74, 6) is -1.82. The zero-order valence-corrected chi connectivity index (χ0v) is 14.3. The zero-order chi connectivity index (χ0) is 17.7. The summed E-state index contributed by atoms with van der Waals surface area (Å²) in [7, 11) is 0. The van der Waals surface area contributed by atoms with E-state index in [2.05, 4.69) is 4.99 Å². The van der Waals surface area contributed by atoms with E-state index in [0.29, 0.717) is 44.3 Å². The third-order valence-electron chi connectivity index (χ3n) is 4.68. The van der Waals surface area contributed by atoms with Crippen molar-refractivity contribution in [2.75, 3.05) is 0 Å². The van der Waals surface area contributed by atoms with E-state index in [0.717, 1.165) is 0 Å². The summed E-state index contributed by atoms with van der Waals surface area (Å²) < 4.78 is 0. The van der Waals surface area contributed by atoms with E-state index in [1.54, 1.807) is 36.4 Å². The van der Waals surface area contributed by atoms with E-state index >= 15 is 0 Å². The number of hydrogen-bond donors (Lipinski definition) is 0. The van der Waals surface area contributed by atoms with Crippen molar-refractivity contribution in [3.63, 3.8) is 0 Å². The maximum Gasteiger partial charge on any atom is 0.261 e. The van der Waals surface area contributed by atoms with Crippen LogP contribution >= 0.6 is 11.6 Å². The number of hydrogen-bond acceptors (Lipinski definition) is 3. The highest BCUT2D eigenvalue weighted by molar-refractivity contribution is 6.36. The minimum absolute atomic E-state index is 0.174. The lowest BCUT2D eigenvalue weighted by molar-refractivity contribution is -0.129. The monoisotopic (exact) mass is 351 g/mol. The SMILES string of the molecule is CCCC(=O)C1C(=O)N=c2ccc(Cl)c3c2=C1c1ccccc1C3=O. The molecule has 1 unspecified atom stereocenters. The molecule has 124 valence electrons. The van der Waals surface area contributed by atoms with Gasteiger partial charge < -0.3 is 0 Å². The molecule has 0 aromatic heterocycles. The van der Waals surface area contributed by atoms with Gasteiger partial charge in [0.2, 0.25) is 0 Å². The molecule has 0 radical (unpaired) electrons. The molecule has 0 bridgehead atoms. The molecule has 0 N–H and O–H groups in total. The quantitative estimate of drug-likeness (QED) is 0.797. The van der Waals surface area contributed by atoms with Crippen LogP contribution in [0.25, 0.3) is 5.57 Å². The van der Waals surface area contributed by atoms with E-state index in [-0.39, 0.29) is 18.0 Å². The Labute approximate surface area is 148 Å². The number of carbonyl (C=O) groups is 3. The largest absolute Gasteiger partial charge is 0.298 e. The Balaban J connectivity index is 2.19. The Kier molecular flexibility index (Phi) is 3.65. The van der Waals surface area contributed by atoms with Gasteiger partial charge in [-0.15, -0.1) is 0 Å². The van der Waals surface area contributed by atoms with Gasteiger partial charge >= 0.3 is 0 Å². The molecule has 1 heterocycles. The van der Waals surface area contributed by atoms with Crippen molar-refractivity contribution in [3.8, 4) is 0 Å². The summed E-state index contributed by atoms with van der Waals surface area (Å²) in [5, 5.41) is 1.25. The van der Waals surface area contributed by atoms with Crippen molar-refractivity contribution in [1.82, 2.24) is 0 Å². The fraction of sp³-hybridized carbons (Fsp3) is 0.200. The third kappa shape index (κ3) is 2.21. The molecule has 2 aromatic rings. The summed E-state index contributed by atoms with van der Waals surface area (Å²) in [6.45, 7) is 1.89. The molecular formula is C20H14ClNO3. The van der Waals surface area contributed by atoms with Crippen LogP contribution in [0.2, 0.25) is 5.02 Å². The second-order valence-corrected chi connectivity index (χ2v) is 6.61. The molecule has 0 saturated heterocycles. The average molecular weight is 352 g/mol. The molecule has 4 rings (SSSR count). The van der Waals surface area contributed by atoms with E-state index in [1.165, 1.54) is 0 Å². The maximum atomic E-state index is 12.9. The number of rotatable bonds is 3. The van der Waals surface area contributed by atoms with Crippen LogP contribution in [-0.2, 0) is 9.59 Å². The zero-order valence-electron chi connectivity index (χ0n) is 13.5. The standard InChI is InChI=1S/C20H14ClNO3/c1-2-5-14(23)18-15-10-6-3-4-7-11(10)19(24)16-12(21)8-9-13(17(15)16)22-20(18)25/h3-4,6-9,18H,2,5H2,1H3. The van der Waals surface area contributed by atoms with Crippen molar-refractivity contribution in [2.24, 2.45) is 10.9 Å². The normalized spacial score (nSPS) is 17.7. The van der Waals surface area contributed by atoms with Crippen molar-refractivity contribution in [1.29, 1.82) is 0 Å². The summed E-state index contributed by atoms with van der Waals surface area (Å²) in [4.78, 5) is 42.3. The lowest BCUT2D eigenvalue weighted by atomic mass is 9.76. The van der Waals surface area contributed by atoms with E-state index in [9.17, 15) is 14.4 Å². The Morgan fingerprint density at radius 1 is 1.12 bits per heavy atom. The molecule has 0 spiro atoms. The number of amides is 1. The first-order chi connectivity index (χ1) is 12.0. The van der Waals surface area contributed by atoms with Crippen molar-refractivity contribution in [3.05, 3.63) is 68.7 Å². The summed E-state index contributed by atoms with van der Waals surface area (Å²) >= 11 is 6.30. The fourth-order valence-electron chi connectivity index (χ4n) is 3.64. The third-order valence-corrected chi connectivity index (χ3v) is 4.99. The number of benzene rings is 2. The van der Waals surface area contributed by atoms with Gasteiger partial charge in [0.05, 0.1) is 15.9 Å². The van der Waals surface area contributed by atoms with E-state index < -0.39 is 11.8 Å². The molecular weight excluding hydrogens is 338 g/mol. The number of halogens is 1. The van der Waals surface area contributed by atoms with Gasteiger partial charge in [0.25, 0.3) is 5.91 Å². The Hall–Kier alpha value is -2.59. The predicted octanol–water partition coefficient (Wildman–Crippen LogP) is 2.23. The van der Waals surface area contributed by atoms with Gasteiger partial charge in [-0.25, -0.2) is 4.99 Å². The number of fused-ring (bicyclic) bond motifs is 2. The topological polar surface area (TPSA) is 63.6 Å². The Morgan fingerprint density at radius 3 is 2.56 bits per heavy atom. The number of Topliss-reactive ketones (excluding diaryl/α,β-unsaturated/α-hetero) is 1. The van der Waals surface area contributed by atoms with Crippen LogP contribution in [0, 0.1) is 5.92 Å². The highest BCUT2D eigenvalue weighted by Gasteiger charge is 2.38. The Bertz CT molecular complexity index is 1080. The van der Waals surface area contributed by atoms with Crippen LogP contribution in [0.3, 0.4) is 0 Å². The van der Waals surface area contributed by atoms with Gasteiger partial charge in [-0.2, -0.15) is 0 Å². The average Bonchev–Trinajstić information content (AvgIpc) is 2.60. The van der Waals surface area contributed by atoms with Crippen LogP contribution in [-0.4, -0.2) is 17.5 Å². The summed E-state index contributed by atoms with van der Waals surface area (Å²) in [6.07, 6.45) is 0.933. The molecule has 25 heavy (non-hydrogen) atoms. The van der Waals surface area contributed by atoms with Gasteiger partial charge in [0, 0.05) is 17.2 Å². The first-order valence-corrected chi connectivity index (χ1v) is 8.54. The lowest BCUT2D eigenvalue weighted by Gasteiger charge is -2.26. The molecule has 0 fully saturated rings. The van der Waals surface area contributed by atoms with Crippen LogP contribution in [0.5, 0.6) is 0 Å². The lowest BCUT2D eigenvalue weighted by Crippen LogP contribution is -2.46. The molecule has 1 aliphatic heterocycles. The van der Waals surface area contributed by atoms with E-state index in [1.807, 2.05) is 6.92 Å². The highest BCUT2D eigenvalue weighted by Crippen LogP contribution is 2.33. The molecule has 2 aliphatic rings. The molecule has 2 aromatic carbocycles. The number of nitrogens with zero attached hydrogens (tertiary/aromatic N) is 1. The first kappa shape index (κ1) is 15.9. The smallest absolute Gasteiger partial charge is 0.261 e. The Morgan fingerprint density at radius 2 is 1.84 bits per heavy atom. The van der Waals surface area contributed by atoms with Crippen LogP contribution in [0.1, 0.15) is 41.3 Å². The predicted molar refractivity (Wildman–Crippen MR) is 93.0 cm³/mol. The summed E-state index contributed by atoms with van der Waals surface area (Å²) in [5.41, 5.74) is 1.99. The van der Waals surface area contributed by atoms with Gasteiger partial charge in [-0.3, -0.25) is 14.4 Å². The second kappa shape index (κ2) is 5.74. The highest BCUT2D eigenvalue weighted by atomic mass is 35.5. The van der Waals surface area contributed by atoms with Gasteiger partial charge in [0.1, 0.15) is 11.7 Å². The maximum absolute atomic E-state index is 12.9. The molecule has 4 nitrogen and oxygen atoms in total. The molecule has 1 amide bonds. The van der Waals surface area contributed by atoms with Crippen molar-refractivity contribution < 1.29 is 14.4 Å².